The van der Waals surface area contributed by atoms with E-state index in [9.17, 15) is 0 Å². The molecule has 0 heterocycles. The fourth-order valence-electron chi connectivity index (χ4n) is 2.98. The summed E-state index contributed by atoms with van der Waals surface area (Å²) < 4.78 is 1.17. The van der Waals surface area contributed by atoms with E-state index in [2.05, 4.69) is 63.7 Å². The lowest BCUT2D eigenvalue weighted by atomic mass is 9.88. The predicted molar refractivity (Wildman–Crippen MR) is 90.8 cm³/mol. The van der Waals surface area contributed by atoms with Crippen molar-refractivity contribution in [3.63, 3.8) is 0 Å². The van der Waals surface area contributed by atoms with E-state index < -0.39 is 0 Å². The minimum atomic E-state index is 0.210. The van der Waals surface area contributed by atoms with Crippen molar-refractivity contribution >= 4 is 21.6 Å². The fraction of sp³-hybridized carbons (Fsp3) is 0.333. The highest BCUT2D eigenvalue weighted by molar-refractivity contribution is 9.10. The van der Waals surface area contributed by atoms with E-state index in [4.69, 9.17) is 5.11 Å². The van der Waals surface area contributed by atoms with Gasteiger partial charge in [0.15, 0.2) is 0 Å². The summed E-state index contributed by atoms with van der Waals surface area (Å²) in [6, 6.07) is 15.5. The summed E-state index contributed by atoms with van der Waals surface area (Å²) >= 11 is 3.55. The van der Waals surface area contributed by atoms with Crippen molar-refractivity contribution in [2.45, 2.75) is 31.7 Å². The minimum Gasteiger partial charge on any atom is -0.396 e. The molecule has 0 bridgehead atoms. The molecule has 110 valence electrons. The number of hydrogen-bond donors (Lipinski definition) is 2. The molecule has 3 rings (SSSR count). The van der Waals surface area contributed by atoms with Crippen LogP contribution in [0, 0.1) is 0 Å². The number of hydrogen-bond acceptors (Lipinski definition) is 2. The Balaban J connectivity index is 1.65. The van der Waals surface area contributed by atoms with Crippen LogP contribution in [0.2, 0.25) is 0 Å². The third-order valence-electron chi connectivity index (χ3n) is 4.12. The summed E-state index contributed by atoms with van der Waals surface area (Å²) in [5.41, 5.74) is 5.28. The van der Waals surface area contributed by atoms with Gasteiger partial charge in [0.05, 0.1) is 0 Å². The van der Waals surface area contributed by atoms with Crippen molar-refractivity contribution in [2.24, 2.45) is 0 Å². The number of aryl methyl sites for hydroxylation is 1. The number of aliphatic hydroxyl groups is 1. The lowest BCUT2D eigenvalue weighted by molar-refractivity contribution is 0.299. The van der Waals surface area contributed by atoms with Crippen molar-refractivity contribution in [3.8, 4) is 0 Å². The smallest absolute Gasteiger partial charge is 0.0471 e. The van der Waals surface area contributed by atoms with Gasteiger partial charge in [0.25, 0.3) is 0 Å². The van der Waals surface area contributed by atoms with Crippen LogP contribution in [0.4, 0.5) is 5.69 Å². The number of aliphatic hydroxyl groups excluding tert-OH is 1. The number of anilines is 1. The van der Waals surface area contributed by atoms with Crippen molar-refractivity contribution in [2.75, 3.05) is 11.9 Å². The molecular weight excluding hydrogens is 326 g/mol. The molecule has 0 fully saturated rings. The molecule has 1 atom stereocenters. The van der Waals surface area contributed by atoms with Gasteiger partial charge in [0.1, 0.15) is 0 Å². The average Bonchev–Trinajstić information content (AvgIpc) is 2.50. The van der Waals surface area contributed by atoms with Crippen LogP contribution in [-0.2, 0) is 19.3 Å². The molecule has 0 radical (unpaired) electrons. The fourth-order valence-corrected chi connectivity index (χ4v) is 3.39. The monoisotopic (exact) mass is 345 g/mol. The lowest BCUT2D eigenvalue weighted by Gasteiger charge is -2.26. The molecule has 0 saturated carbocycles. The molecule has 0 saturated heterocycles. The van der Waals surface area contributed by atoms with Crippen molar-refractivity contribution in [1.82, 2.24) is 0 Å². The van der Waals surface area contributed by atoms with Gasteiger partial charge in [-0.1, -0.05) is 34.1 Å². The Morgan fingerprint density at radius 1 is 1.10 bits per heavy atom. The van der Waals surface area contributed by atoms with E-state index in [0.717, 1.165) is 19.3 Å². The highest BCUT2D eigenvalue weighted by Crippen LogP contribution is 2.26. The van der Waals surface area contributed by atoms with Gasteiger partial charge in [-0.25, -0.2) is 0 Å². The molecule has 3 heteroatoms. The van der Waals surface area contributed by atoms with Crippen LogP contribution in [0.1, 0.15) is 23.1 Å². The maximum atomic E-state index is 8.94. The first-order valence-corrected chi connectivity index (χ1v) is 8.27. The highest BCUT2D eigenvalue weighted by atomic mass is 79.9. The number of nitrogens with one attached hydrogen (secondary N) is 1. The molecule has 1 aliphatic rings. The molecule has 2 nitrogen and oxygen atoms in total. The number of fused-ring (bicyclic) bond motifs is 1. The van der Waals surface area contributed by atoms with Crippen LogP contribution in [0.5, 0.6) is 0 Å². The standard InChI is InChI=1S/C18H20BrNO/c19-16-5-3-15-12-18(8-4-14(15)11-16)20-17-6-1-13(2-7-17)9-10-21/h1-3,5-7,11,18,20-21H,4,8-10,12H2. The van der Waals surface area contributed by atoms with Gasteiger partial charge in [0.2, 0.25) is 0 Å². The van der Waals surface area contributed by atoms with Crippen LogP contribution in [-0.4, -0.2) is 17.8 Å². The summed E-state index contributed by atoms with van der Waals surface area (Å²) in [4.78, 5) is 0. The summed E-state index contributed by atoms with van der Waals surface area (Å²) in [6.45, 7) is 0.210. The Kier molecular flexibility index (Phi) is 4.61. The maximum Gasteiger partial charge on any atom is 0.0471 e. The second kappa shape index (κ2) is 6.63. The SMILES string of the molecule is OCCc1ccc(NC2CCc3cc(Br)ccc3C2)cc1. The van der Waals surface area contributed by atoms with Crippen molar-refractivity contribution in [3.05, 3.63) is 63.6 Å². The summed E-state index contributed by atoms with van der Waals surface area (Å²) in [7, 11) is 0. The molecule has 21 heavy (non-hydrogen) atoms. The molecule has 0 spiro atoms. The third-order valence-corrected chi connectivity index (χ3v) is 4.62. The lowest BCUT2D eigenvalue weighted by Crippen LogP contribution is -2.27. The Hall–Kier alpha value is -1.32. The maximum absolute atomic E-state index is 8.94. The molecule has 1 aliphatic carbocycles. The zero-order chi connectivity index (χ0) is 14.7. The van der Waals surface area contributed by atoms with Gasteiger partial charge in [0, 0.05) is 22.8 Å². The molecule has 2 N–H and O–H groups in total. The summed E-state index contributed by atoms with van der Waals surface area (Å²) in [5.74, 6) is 0. The van der Waals surface area contributed by atoms with Gasteiger partial charge in [-0.05, 0) is 66.6 Å². The topological polar surface area (TPSA) is 32.3 Å². The predicted octanol–water partition coefficient (Wildman–Crippen LogP) is 3.95. The van der Waals surface area contributed by atoms with Crippen LogP contribution in [0.15, 0.2) is 46.9 Å². The first kappa shape index (κ1) is 14.6. The molecule has 0 aliphatic heterocycles. The Labute approximate surface area is 134 Å². The van der Waals surface area contributed by atoms with Gasteiger partial charge in [-0.15, -0.1) is 0 Å². The molecule has 2 aromatic rings. The van der Waals surface area contributed by atoms with Crippen LogP contribution in [0.3, 0.4) is 0 Å². The first-order chi connectivity index (χ1) is 10.2. The largest absolute Gasteiger partial charge is 0.396 e. The molecular formula is C18H20BrNO. The molecule has 0 amide bonds. The van der Waals surface area contributed by atoms with Crippen LogP contribution >= 0.6 is 15.9 Å². The van der Waals surface area contributed by atoms with Crippen molar-refractivity contribution in [1.29, 1.82) is 0 Å². The van der Waals surface area contributed by atoms with Gasteiger partial charge in [-0.3, -0.25) is 0 Å². The normalized spacial score (nSPS) is 17.3. The van der Waals surface area contributed by atoms with E-state index in [1.54, 1.807) is 0 Å². The average molecular weight is 346 g/mol. The molecule has 0 aromatic heterocycles. The van der Waals surface area contributed by atoms with E-state index >= 15 is 0 Å². The van der Waals surface area contributed by atoms with E-state index in [-0.39, 0.29) is 6.61 Å². The summed E-state index contributed by atoms with van der Waals surface area (Å²) in [5, 5.41) is 12.6. The minimum absolute atomic E-state index is 0.210. The quantitative estimate of drug-likeness (QED) is 0.879. The van der Waals surface area contributed by atoms with Gasteiger partial charge < -0.3 is 10.4 Å². The van der Waals surface area contributed by atoms with E-state index in [1.807, 2.05) is 0 Å². The molecule has 2 aromatic carbocycles. The van der Waals surface area contributed by atoms with Crippen LogP contribution < -0.4 is 5.32 Å². The van der Waals surface area contributed by atoms with Crippen molar-refractivity contribution < 1.29 is 5.11 Å². The van der Waals surface area contributed by atoms with E-state index in [1.165, 1.54) is 33.3 Å². The number of halogens is 1. The van der Waals surface area contributed by atoms with E-state index in [0.29, 0.717) is 6.04 Å². The number of rotatable bonds is 4. The second-order valence-corrected chi connectivity index (χ2v) is 6.58. The molecule has 1 unspecified atom stereocenters. The zero-order valence-electron chi connectivity index (χ0n) is 12.0. The van der Waals surface area contributed by atoms with Gasteiger partial charge >= 0.3 is 0 Å². The Morgan fingerprint density at radius 3 is 2.67 bits per heavy atom. The highest BCUT2D eigenvalue weighted by Gasteiger charge is 2.18. The first-order valence-electron chi connectivity index (χ1n) is 7.48. The Bertz CT molecular complexity index is 609. The van der Waals surface area contributed by atoms with Gasteiger partial charge in [-0.2, -0.15) is 0 Å². The summed E-state index contributed by atoms with van der Waals surface area (Å²) in [6.07, 6.45) is 4.11. The zero-order valence-corrected chi connectivity index (χ0v) is 13.6. The number of benzene rings is 2. The second-order valence-electron chi connectivity index (χ2n) is 5.67. The van der Waals surface area contributed by atoms with Crippen LogP contribution in [0.25, 0.3) is 0 Å². The Morgan fingerprint density at radius 2 is 1.90 bits per heavy atom. The third kappa shape index (κ3) is 3.66.